The Morgan fingerprint density at radius 1 is 1.17 bits per heavy atom. The highest BCUT2D eigenvalue weighted by atomic mass is 79.9. The molecule has 156 valence electrons. The molecule has 5 nitrogen and oxygen atoms in total. The Morgan fingerprint density at radius 2 is 1.86 bits per heavy atom. The van der Waals surface area contributed by atoms with Crippen LogP contribution < -0.4 is 10.1 Å². The number of amides is 2. The zero-order chi connectivity index (χ0) is 21.6. The Labute approximate surface area is 185 Å². The predicted octanol–water partition coefficient (Wildman–Crippen LogP) is 4.81. The summed E-state index contributed by atoms with van der Waals surface area (Å²) >= 11 is 9.41. The third-order valence-corrected chi connectivity index (χ3v) is 4.79. The van der Waals surface area contributed by atoms with Crippen molar-refractivity contribution in [1.29, 1.82) is 0 Å². The van der Waals surface area contributed by atoms with E-state index in [9.17, 15) is 9.59 Å². The van der Waals surface area contributed by atoms with Crippen molar-refractivity contribution in [3.63, 3.8) is 0 Å². The SMILES string of the molecule is C[C@H](C(=O)NC(C)(C)C)N(Cc1cccc(Br)c1)C(=O)COc1cccc(Cl)c1. The number of carbonyl (C=O) groups excluding carboxylic acids is 2. The van der Waals surface area contributed by atoms with Crippen LogP contribution >= 0.6 is 27.5 Å². The summed E-state index contributed by atoms with van der Waals surface area (Å²) in [7, 11) is 0. The van der Waals surface area contributed by atoms with Gasteiger partial charge < -0.3 is 15.0 Å². The fourth-order valence-corrected chi connectivity index (χ4v) is 3.30. The molecule has 0 saturated heterocycles. The molecule has 0 spiro atoms. The van der Waals surface area contributed by atoms with E-state index in [-0.39, 0.29) is 25.0 Å². The first-order chi connectivity index (χ1) is 13.5. The minimum Gasteiger partial charge on any atom is -0.484 e. The maximum Gasteiger partial charge on any atom is 0.261 e. The number of hydrogen-bond donors (Lipinski definition) is 1. The van der Waals surface area contributed by atoms with E-state index < -0.39 is 11.6 Å². The number of halogens is 2. The summed E-state index contributed by atoms with van der Waals surface area (Å²) in [4.78, 5) is 27.2. The molecule has 0 aliphatic rings. The second kappa shape index (κ2) is 10.1. The molecule has 0 aromatic heterocycles. The van der Waals surface area contributed by atoms with Crippen molar-refractivity contribution in [2.24, 2.45) is 0 Å². The highest BCUT2D eigenvalue weighted by molar-refractivity contribution is 9.10. The van der Waals surface area contributed by atoms with Crippen LogP contribution in [0.3, 0.4) is 0 Å². The van der Waals surface area contributed by atoms with Crippen molar-refractivity contribution in [2.45, 2.75) is 45.8 Å². The number of hydrogen-bond acceptors (Lipinski definition) is 3. The summed E-state index contributed by atoms with van der Waals surface area (Å²) in [6.07, 6.45) is 0. The lowest BCUT2D eigenvalue weighted by Gasteiger charge is -2.31. The van der Waals surface area contributed by atoms with Gasteiger partial charge in [0.1, 0.15) is 11.8 Å². The average molecular weight is 482 g/mol. The van der Waals surface area contributed by atoms with Crippen LogP contribution in [0.4, 0.5) is 0 Å². The van der Waals surface area contributed by atoms with Gasteiger partial charge in [-0.2, -0.15) is 0 Å². The lowest BCUT2D eigenvalue weighted by Crippen LogP contribution is -2.53. The average Bonchev–Trinajstić information content (AvgIpc) is 2.62. The van der Waals surface area contributed by atoms with Crippen molar-refractivity contribution in [1.82, 2.24) is 10.2 Å². The first kappa shape index (κ1) is 23.2. The van der Waals surface area contributed by atoms with Crippen LogP contribution in [-0.2, 0) is 16.1 Å². The number of nitrogens with zero attached hydrogens (tertiary/aromatic N) is 1. The van der Waals surface area contributed by atoms with Gasteiger partial charge >= 0.3 is 0 Å². The van der Waals surface area contributed by atoms with Gasteiger partial charge in [-0.1, -0.05) is 45.7 Å². The zero-order valence-corrected chi connectivity index (χ0v) is 19.4. The maximum atomic E-state index is 13.0. The molecule has 0 heterocycles. The molecule has 1 N–H and O–H groups in total. The van der Waals surface area contributed by atoms with E-state index in [0.29, 0.717) is 10.8 Å². The van der Waals surface area contributed by atoms with Crippen LogP contribution in [0.1, 0.15) is 33.3 Å². The van der Waals surface area contributed by atoms with Crippen molar-refractivity contribution in [2.75, 3.05) is 6.61 Å². The van der Waals surface area contributed by atoms with Crippen LogP contribution in [0.5, 0.6) is 5.75 Å². The Kier molecular flexibility index (Phi) is 8.11. The number of nitrogens with one attached hydrogen (secondary N) is 1. The Balaban J connectivity index is 2.18. The molecule has 0 bridgehead atoms. The lowest BCUT2D eigenvalue weighted by atomic mass is 10.1. The number of carbonyl (C=O) groups is 2. The second-order valence-corrected chi connectivity index (χ2v) is 9.16. The van der Waals surface area contributed by atoms with Gasteiger partial charge in [0.05, 0.1) is 0 Å². The number of rotatable bonds is 7. The molecule has 2 rings (SSSR count). The smallest absolute Gasteiger partial charge is 0.261 e. The first-order valence-electron chi connectivity index (χ1n) is 9.29. The van der Waals surface area contributed by atoms with E-state index in [4.69, 9.17) is 16.3 Å². The van der Waals surface area contributed by atoms with Crippen molar-refractivity contribution < 1.29 is 14.3 Å². The van der Waals surface area contributed by atoms with Crippen molar-refractivity contribution in [3.05, 3.63) is 63.6 Å². The maximum absolute atomic E-state index is 13.0. The minimum atomic E-state index is -0.663. The largest absolute Gasteiger partial charge is 0.484 e. The van der Waals surface area contributed by atoms with E-state index >= 15 is 0 Å². The fraction of sp³-hybridized carbons (Fsp3) is 0.364. The molecule has 0 aliphatic heterocycles. The Hall–Kier alpha value is -2.05. The van der Waals surface area contributed by atoms with Gasteiger partial charge in [0, 0.05) is 21.6 Å². The van der Waals surface area contributed by atoms with Gasteiger partial charge in [-0.05, 0) is 63.6 Å². The molecule has 0 aliphatic carbocycles. The standard InChI is InChI=1S/C22H26BrClN2O3/c1-15(21(28)25-22(2,3)4)26(13-16-7-5-8-17(23)11-16)20(27)14-29-19-10-6-9-18(24)12-19/h5-12,15H,13-14H2,1-4H3,(H,25,28)/t15-/m1/s1. The predicted molar refractivity (Wildman–Crippen MR) is 119 cm³/mol. The van der Waals surface area contributed by atoms with Gasteiger partial charge in [-0.3, -0.25) is 9.59 Å². The molecule has 0 fully saturated rings. The van der Waals surface area contributed by atoms with E-state index in [2.05, 4.69) is 21.2 Å². The van der Waals surface area contributed by atoms with Crippen LogP contribution in [0.15, 0.2) is 53.0 Å². The normalized spacial score (nSPS) is 12.2. The third kappa shape index (κ3) is 7.71. The highest BCUT2D eigenvalue weighted by Crippen LogP contribution is 2.19. The van der Waals surface area contributed by atoms with Crippen molar-refractivity contribution in [3.8, 4) is 5.75 Å². The van der Waals surface area contributed by atoms with Gasteiger partial charge in [-0.25, -0.2) is 0 Å². The molecule has 29 heavy (non-hydrogen) atoms. The van der Waals surface area contributed by atoms with E-state index in [1.54, 1.807) is 31.2 Å². The monoisotopic (exact) mass is 480 g/mol. The third-order valence-electron chi connectivity index (χ3n) is 4.07. The molecule has 7 heteroatoms. The number of benzene rings is 2. The van der Waals surface area contributed by atoms with E-state index in [1.165, 1.54) is 4.90 Å². The second-order valence-electron chi connectivity index (χ2n) is 7.81. The minimum absolute atomic E-state index is 0.193. The summed E-state index contributed by atoms with van der Waals surface area (Å²) in [5, 5.41) is 3.46. The van der Waals surface area contributed by atoms with Gasteiger partial charge in [-0.15, -0.1) is 0 Å². The lowest BCUT2D eigenvalue weighted by molar-refractivity contribution is -0.142. The molecular formula is C22H26BrClN2O3. The molecule has 2 amide bonds. The Bertz CT molecular complexity index is 867. The summed E-state index contributed by atoms with van der Waals surface area (Å²) in [6.45, 7) is 7.52. The van der Waals surface area contributed by atoms with Gasteiger partial charge in [0.2, 0.25) is 5.91 Å². The van der Waals surface area contributed by atoms with Crippen LogP contribution in [0, 0.1) is 0 Å². The molecule has 0 unspecified atom stereocenters. The van der Waals surface area contributed by atoms with Crippen LogP contribution in [0.2, 0.25) is 5.02 Å². The Morgan fingerprint density at radius 3 is 2.48 bits per heavy atom. The van der Waals surface area contributed by atoms with E-state index in [1.807, 2.05) is 45.0 Å². The first-order valence-corrected chi connectivity index (χ1v) is 10.5. The molecule has 0 saturated carbocycles. The molecular weight excluding hydrogens is 456 g/mol. The summed E-state index contributed by atoms with van der Waals surface area (Å²) in [6, 6.07) is 13.8. The van der Waals surface area contributed by atoms with E-state index in [0.717, 1.165) is 10.0 Å². The highest BCUT2D eigenvalue weighted by Gasteiger charge is 2.28. The summed E-state index contributed by atoms with van der Waals surface area (Å²) in [5.74, 6) is -0.00911. The quantitative estimate of drug-likeness (QED) is 0.617. The van der Waals surface area contributed by atoms with Gasteiger partial charge in [0.25, 0.3) is 5.91 Å². The van der Waals surface area contributed by atoms with Crippen molar-refractivity contribution >= 4 is 39.3 Å². The van der Waals surface area contributed by atoms with Crippen LogP contribution in [0.25, 0.3) is 0 Å². The van der Waals surface area contributed by atoms with Gasteiger partial charge in [0.15, 0.2) is 6.61 Å². The fourth-order valence-electron chi connectivity index (χ4n) is 2.67. The zero-order valence-electron chi connectivity index (χ0n) is 17.0. The summed E-state index contributed by atoms with van der Waals surface area (Å²) < 4.78 is 6.51. The topological polar surface area (TPSA) is 58.6 Å². The summed E-state index contributed by atoms with van der Waals surface area (Å²) in [5.41, 5.74) is 0.513. The molecule has 2 aromatic rings. The molecule has 0 radical (unpaired) electrons. The number of ether oxygens (including phenoxy) is 1. The molecule has 2 aromatic carbocycles. The molecule has 1 atom stereocenters. The van der Waals surface area contributed by atoms with Crippen LogP contribution in [-0.4, -0.2) is 34.9 Å².